The zero-order valence-corrected chi connectivity index (χ0v) is 12.9. The van der Waals surface area contributed by atoms with Gasteiger partial charge in [0.1, 0.15) is 5.75 Å². The molecule has 2 N–H and O–H groups in total. The van der Waals surface area contributed by atoms with E-state index in [2.05, 4.69) is 31.3 Å². The fourth-order valence-electron chi connectivity index (χ4n) is 3.35. The van der Waals surface area contributed by atoms with Crippen LogP contribution in [-0.4, -0.2) is 24.4 Å². The van der Waals surface area contributed by atoms with Gasteiger partial charge in [0.05, 0.1) is 13.7 Å². The van der Waals surface area contributed by atoms with Crippen LogP contribution in [0.25, 0.3) is 0 Å². The second-order valence-corrected chi connectivity index (χ2v) is 6.31. The average Bonchev–Trinajstić information content (AvgIpc) is 2.45. The van der Waals surface area contributed by atoms with Crippen molar-refractivity contribution in [2.75, 3.05) is 13.7 Å². The summed E-state index contributed by atoms with van der Waals surface area (Å²) in [6, 6.07) is 6.23. The molecule has 0 spiro atoms. The zero-order chi connectivity index (χ0) is 14.6. The molecule has 0 aromatic heterocycles. The third-order valence-electron chi connectivity index (χ3n) is 4.48. The van der Waals surface area contributed by atoms with E-state index in [0.717, 1.165) is 25.1 Å². The van der Waals surface area contributed by atoms with Gasteiger partial charge in [-0.05, 0) is 31.7 Å². The zero-order valence-electron chi connectivity index (χ0n) is 12.9. The summed E-state index contributed by atoms with van der Waals surface area (Å²) in [7, 11) is 1.71. The highest BCUT2D eigenvalue weighted by atomic mass is 16.5. The number of methoxy groups -OCH3 is 1. The Morgan fingerprint density at radius 1 is 1.45 bits per heavy atom. The predicted octanol–water partition coefficient (Wildman–Crippen LogP) is 3.03. The van der Waals surface area contributed by atoms with Crippen LogP contribution < -0.4 is 10.1 Å². The van der Waals surface area contributed by atoms with Crippen LogP contribution >= 0.6 is 0 Å². The Labute approximate surface area is 122 Å². The highest BCUT2D eigenvalue weighted by Crippen LogP contribution is 2.32. The van der Waals surface area contributed by atoms with Crippen molar-refractivity contribution in [3.8, 4) is 5.75 Å². The maximum absolute atomic E-state index is 9.82. The third-order valence-corrected chi connectivity index (χ3v) is 4.48. The molecule has 1 aliphatic carbocycles. The largest absolute Gasteiger partial charge is 0.496 e. The molecule has 0 heterocycles. The smallest absolute Gasteiger partial charge is 0.123 e. The lowest BCUT2D eigenvalue weighted by Gasteiger charge is -2.39. The summed E-state index contributed by atoms with van der Waals surface area (Å²) in [5, 5.41) is 13.4. The van der Waals surface area contributed by atoms with Gasteiger partial charge in [-0.2, -0.15) is 0 Å². The molecule has 1 aliphatic rings. The van der Waals surface area contributed by atoms with Gasteiger partial charge in [-0.25, -0.2) is 0 Å². The fraction of sp³-hybridized carbons (Fsp3) is 0.647. The molecular weight excluding hydrogens is 250 g/mol. The maximum atomic E-state index is 9.82. The fourth-order valence-corrected chi connectivity index (χ4v) is 3.35. The van der Waals surface area contributed by atoms with Crippen molar-refractivity contribution >= 4 is 0 Å². The van der Waals surface area contributed by atoms with Gasteiger partial charge in [0.25, 0.3) is 0 Å². The molecule has 0 radical (unpaired) electrons. The molecule has 2 unspecified atom stereocenters. The van der Waals surface area contributed by atoms with Crippen LogP contribution in [0.1, 0.15) is 43.7 Å². The molecule has 1 aromatic carbocycles. The third kappa shape index (κ3) is 3.53. The van der Waals surface area contributed by atoms with E-state index in [1.54, 1.807) is 7.11 Å². The molecule has 112 valence electrons. The number of aliphatic hydroxyl groups excluding tert-OH is 1. The molecule has 1 fully saturated rings. The molecule has 0 aliphatic heterocycles. The monoisotopic (exact) mass is 277 g/mol. The second kappa shape index (κ2) is 6.59. The first-order valence-corrected chi connectivity index (χ1v) is 7.58. The lowest BCUT2D eigenvalue weighted by atomic mass is 9.76. The van der Waals surface area contributed by atoms with E-state index in [-0.39, 0.29) is 12.1 Å². The number of aryl methyl sites for hydroxylation is 1. The highest BCUT2D eigenvalue weighted by molar-refractivity contribution is 5.36. The molecule has 1 saturated carbocycles. The quantitative estimate of drug-likeness (QED) is 0.869. The van der Waals surface area contributed by atoms with Gasteiger partial charge in [-0.1, -0.05) is 37.5 Å². The normalized spacial score (nSPS) is 26.5. The Balaban J connectivity index is 2.08. The van der Waals surface area contributed by atoms with E-state index >= 15 is 0 Å². The Morgan fingerprint density at radius 3 is 2.90 bits per heavy atom. The first kappa shape index (κ1) is 15.3. The van der Waals surface area contributed by atoms with Gasteiger partial charge in [0.2, 0.25) is 0 Å². The SMILES string of the molecule is COc1ccc(C)cc1CNC1(CO)CCCC(C)C1. The summed E-state index contributed by atoms with van der Waals surface area (Å²) in [5.74, 6) is 1.60. The number of hydrogen-bond acceptors (Lipinski definition) is 3. The first-order chi connectivity index (χ1) is 9.58. The summed E-state index contributed by atoms with van der Waals surface area (Å²) in [5.41, 5.74) is 2.28. The molecule has 3 nitrogen and oxygen atoms in total. The summed E-state index contributed by atoms with van der Waals surface area (Å²) in [6.07, 6.45) is 4.58. The molecule has 2 atom stereocenters. The molecule has 20 heavy (non-hydrogen) atoms. The predicted molar refractivity (Wildman–Crippen MR) is 82.0 cm³/mol. The summed E-state index contributed by atoms with van der Waals surface area (Å²) in [6.45, 7) is 5.33. The van der Waals surface area contributed by atoms with Gasteiger partial charge in [-0.15, -0.1) is 0 Å². The van der Waals surface area contributed by atoms with E-state index in [1.165, 1.54) is 24.0 Å². The van der Waals surface area contributed by atoms with E-state index in [9.17, 15) is 5.11 Å². The minimum atomic E-state index is -0.119. The molecule has 0 bridgehead atoms. The first-order valence-electron chi connectivity index (χ1n) is 7.58. The Hall–Kier alpha value is -1.06. The van der Waals surface area contributed by atoms with Crippen molar-refractivity contribution in [3.05, 3.63) is 29.3 Å². The van der Waals surface area contributed by atoms with Crippen LogP contribution in [0.3, 0.4) is 0 Å². The van der Waals surface area contributed by atoms with Crippen LogP contribution in [0.5, 0.6) is 5.75 Å². The van der Waals surface area contributed by atoms with Crippen LogP contribution in [-0.2, 0) is 6.54 Å². The number of hydrogen-bond donors (Lipinski definition) is 2. The molecular formula is C17H27NO2. The summed E-state index contributed by atoms with van der Waals surface area (Å²) < 4.78 is 5.43. The second-order valence-electron chi connectivity index (χ2n) is 6.31. The Bertz CT molecular complexity index is 447. The van der Waals surface area contributed by atoms with Crippen LogP contribution in [0.15, 0.2) is 18.2 Å². The lowest BCUT2D eigenvalue weighted by Crippen LogP contribution is -2.51. The van der Waals surface area contributed by atoms with Gasteiger partial charge < -0.3 is 15.2 Å². The Morgan fingerprint density at radius 2 is 2.25 bits per heavy atom. The molecule has 0 amide bonds. The number of aliphatic hydroxyl groups is 1. The lowest BCUT2D eigenvalue weighted by molar-refractivity contribution is 0.0980. The van der Waals surface area contributed by atoms with E-state index in [1.807, 2.05) is 6.07 Å². The van der Waals surface area contributed by atoms with Crippen molar-refractivity contribution in [3.63, 3.8) is 0 Å². The molecule has 3 heteroatoms. The van der Waals surface area contributed by atoms with E-state index in [4.69, 9.17) is 4.74 Å². The number of rotatable bonds is 5. The van der Waals surface area contributed by atoms with E-state index in [0.29, 0.717) is 5.92 Å². The minimum Gasteiger partial charge on any atom is -0.496 e. The van der Waals surface area contributed by atoms with E-state index < -0.39 is 0 Å². The van der Waals surface area contributed by atoms with Gasteiger partial charge in [-0.3, -0.25) is 0 Å². The van der Waals surface area contributed by atoms with Crippen LogP contribution in [0.2, 0.25) is 0 Å². The maximum Gasteiger partial charge on any atom is 0.123 e. The molecule has 1 aromatic rings. The number of nitrogens with one attached hydrogen (secondary N) is 1. The van der Waals surface area contributed by atoms with Crippen molar-refractivity contribution in [2.45, 2.75) is 51.6 Å². The number of ether oxygens (including phenoxy) is 1. The van der Waals surface area contributed by atoms with Crippen molar-refractivity contribution in [2.24, 2.45) is 5.92 Å². The van der Waals surface area contributed by atoms with Gasteiger partial charge >= 0.3 is 0 Å². The topological polar surface area (TPSA) is 41.5 Å². The van der Waals surface area contributed by atoms with Crippen LogP contribution in [0.4, 0.5) is 0 Å². The van der Waals surface area contributed by atoms with Gasteiger partial charge in [0.15, 0.2) is 0 Å². The average molecular weight is 277 g/mol. The summed E-state index contributed by atoms with van der Waals surface area (Å²) in [4.78, 5) is 0. The highest BCUT2D eigenvalue weighted by Gasteiger charge is 2.33. The molecule has 0 saturated heterocycles. The minimum absolute atomic E-state index is 0.119. The van der Waals surface area contributed by atoms with Crippen molar-refractivity contribution < 1.29 is 9.84 Å². The standard InChI is InChI=1S/C17H27NO2/c1-13-6-7-16(20-3)15(9-13)11-18-17(12-19)8-4-5-14(2)10-17/h6-7,9,14,18-19H,4-5,8,10-12H2,1-3H3. The van der Waals surface area contributed by atoms with Crippen LogP contribution in [0, 0.1) is 12.8 Å². The molecule has 2 rings (SSSR count). The Kier molecular flexibility index (Phi) is 5.06. The van der Waals surface area contributed by atoms with Crippen molar-refractivity contribution in [1.29, 1.82) is 0 Å². The summed E-state index contributed by atoms with van der Waals surface area (Å²) >= 11 is 0. The number of benzene rings is 1. The van der Waals surface area contributed by atoms with Crippen molar-refractivity contribution in [1.82, 2.24) is 5.32 Å². The van der Waals surface area contributed by atoms with Gasteiger partial charge in [0, 0.05) is 17.6 Å².